The summed E-state index contributed by atoms with van der Waals surface area (Å²) in [7, 11) is -3.63. The molecule has 2 amide bonds. The number of nitroso groups, excluding NO2 is 1. The second-order valence-corrected chi connectivity index (χ2v) is 13.2. The first-order valence-electron chi connectivity index (χ1n) is 14.1. The average molecular weight is 569 g/mol. The molecular weight excluding hydrogens is 530 g/mol. The predicted octanol–water partition coefficient (Wildman–Crippen LogP) is 3.15. The van der Waals surface area contributed by atoms with E-state index < -0.39 is 22.0 Å². The minimum atomic E-state index is -3.63. The van der Waals surface area contributed by atoms with Gasteiger partial charge in [0, 0.05) is 39.2 Å². The molecule has 2 aromatic rings. The lowest BCUT2D eigenvalue weighted by Gasteiger charge is -2.39. The Kier molecular flexibility index (Phi) is 8.23. The van der Waals surface area contributed by atoms with Crippen LogP contribution in [0.5, 0.6) is 0 Å². The number of hydrazine groups is 1. The highest BCUT2D eigenvalue weighted by molar-refractivity contribution is 7.89. The lowest BCUT2D eigenvalue weighted by Crippen LogP contribution is -2.48. The number of hydrogen-bond acceptors (Lipinski definition) is 5. The van der Waals surface area contributed by atoms with Crippen LogP contribution in [0, 0.1) is 22.7 Å². The van der Waals surface area contributed by atoms with E-state index in [1.807, 2.05) is 42.3 Å². The van der Waals surface area contributed by atoms with Gasteiger partial charge in [-0.2, -0.15) is 4.31 Å². The van der Waals surface area contributed by atoms with Gasteiger partial charge in [-0.05, 0) is 67.3 Å². The van der Waals surface area contributed by atoms with E-state index in [1.165, 1.54) is 19.1 Å². The van der Waals surface area contributed by atoms with Gasteiger partial charge >= 0.3 is 0 Å². The van der Waals surface area contributed by atoms with Crippen LogP contribution in [-0.2, 0) is 26.2 Å². The smallest absolute Gasteiger partial charge is 0.245 e. The largest absolute Gasteiger partial charge is 0.351 e. The van der Waals surface area contributed by atoms with Gasteiger partial charge in [0.1, 0.15) is 16.8 Å². The lowest BCUT2D eigenvalue weighted by molar-refractivity contribution is -0.716. The van der Waals surface area contributed by atoms with Crippen LogP contribution in [0.15, 0.2) is 59.5 Å². The van der Waals surface area contributed by atoms with Crippen molar-refractivity contribution < 1.29 is 22.9 Å². The van der Waals surface area contributed by atoms with Gasteiger partial charge in [0.05, 0.1) is 16.3 Å². The number of nitrogens with one attached hydrogen (secondary N) is 2. The van der Waals surface area contributed by atoms with Gasteiger partial charge in [-0.15, -0.1) is 5.01 Å². The van der Waals surface area contributed by atoms with Crippen LogP contribution < -0.4 is 10.6 Å². The Morgan fingerprint density at radius 3 is 2.25 bits per heavy atom. The fraction of sp³-hybridized carbons (Fsp3) is 0.517. The molecule has 0 aromatic heterocycles. The average Bonchev–Trinajstić information content (AvgIpc) is 3.21. The topological polar surface area (TPSA) is 119 Å². The van der Waals surface area contributed by atoms with Crippen LogP contribution in [0.4, 0.5) is 5.69 Å². The maximum atomic E-state index is 13.3. The minimum absolute atomic E-state index is 0.0872. The standard InChI is InChI=1S/C29H37N5O5S/c1-20-28(29(36)30-19-22-6-4-3-5-7-22)27-18-24(14-17-33(27)34(20)37)23-12-15-32(16-13-23)40(38,39)26-10-8-25(9-11-26)31-21(2)35/h3-11,20,23-24,27-28H,12-19H2,1-2H3,(H-,30,31,35,36)/p+1. The summed E-state index contributed by atoms with van der Waals surface area (Å²) in [4.78, 5) is 38.7. The number of rotatable bonds is 7. The zero-order valence-corrected chi connectivity index (χ0v) is 23.8. The van der Waals surface area contributed by atoms with Crippen LogP contribution in [0.1, 0.15) is 45.1 Å². The van der Waals surface area contributed by atoms with Crippen molar-refractivity contribution in [3.05, 3.63) is 65.1 Å². The van der Waals surface area contributed by atoms with Gasteiger partial charge in [-0.1, -0.05) is 30.3 Å². The van der Waals surface area contributed by atoms with Crippen molar-refractivity contribution in [2.75, 3.05) is 25.0 Å². The monoisotopic (exact) mass is 568 g/mol. The molecule has 2 N–H and O–H groups in total. The first-order chi connectivity index (χ1) is 19.1. The molecule has 4 atom stereocenters. The Morgan fingerprint density at radius 1 is 0.950 bits per heavy atom. The van der Waals surface area contributed by atoms with Crippen molar-refractivity contribution in [3.8, 4) is 0 Å². The third-order valence-corrected chi connectivity index (χ3v) is 10.7. The van der Waals surface area contributed by atoms with E-state index in [2.05, 4.69) is 10.6 Å². The highest BCUT2D eigenvalue weighted by atomic mass is 32.2. The van der Waals surface area contributed by atoms with Crippen molar-refractivity contribution in [2.45, 2.75) is 63.1 Å². The van der Waals surface area contributed by atoms with Crippen molar-refractivity contribution in [1.29, 1.82) is 0 Å². The molecule has 214 valence electrons. The maximum absolute atomic E-state index is 13.3. The number of amides is 2. The van der Waals surface area contributed by atoms with E-state index in [-0.39, 0.29) is 22.8 Å². The van der Waals surface area contributed by atoms with E-state index in [0.29, 0.717) is 43.7 Å². The van der Waals surface area contributed by atoms with E-state index >= 15 is 0 Å². The summed E-state index contributed by atoms with van der Waals surface area (Å²) in [5.74, 6) is -0.0238. The van der Waals surface area contributed by atoms with Crippen molar-refractivity contribution >= 4 is 27.5 Å². The molecular formula is C29H38N5O5S+. The molecule has 3 saturated heterocycles. The predicted molar refractivity (Wildman–Crippen MR) is 150 cm³/mol. The van der Waals surface area contributed by atoms with Crippen molar-refractivity contribution in [1.82, 2.24) is 14.6 Å². The molecule has 0 saturated carbocycles. The fourth-order valence-electron chi connectivity index (χ4n) is 6.66. The normalized spacial score (nSPS) is 25.9. The molecule has 2 aromatic carbocycles. The molecule has 3 fully saturated rings. The van der Waals surface area contributed by atoms with Crippen LogP contribution in [0.2, 0.25) is 0 Å². The van der Waals surface area contributed by atoms with Crippen LogP contribution >= 0.6 is 0 Å². The van der Waals surface area contributed by atoms with E-state index in [4.69, 9.17) is 0 Å². The highest BCUT2D eigenvalue weighted by Gasteiger charge is 2.58. The molecule has 0 aliphatic carbocycles. The van der Waals surface area contributed by atoms with Gasteiger partial charge in [0.25, 0.3) is 0 Å². The fourth-order valence-corrected chi connectivity index (χ4v) is 8.13. The summed E-state index contributed by atoms with van der Waals surface area (Å²) in [6.45, 7) is 5.17. The van der Waals surface area contributed by atoms with E-state index in [0.717, 1.165) is 36.1 Å². The second kappa shape index (κ2) is 11.7. The van der Waals surface area contributed by atoms with Crippen molar-refractivity contribution in [2.24, 2.45) is 17.8 Å². The van der Waals surface area contributed by atoms with Gasteiger partial charge in [-0.3, -0.25) is 9.59 Å². The molecule has 0 radical (unpaired) electrons. The number of piperidine rings is 2. The third-order valence-electron chi connectivity index (χ3n) is 8.78. The molecule has 0 spiro atoms. The number of carbonyl (C=O) groups is 2. The minimum Gasteiger partial charge on any atom is -0.351 e. The molecule has 3 aliphatic heterocycles. The lowest BCUT2D eigenvalue weighted by atomic mass is 9.74. The summed E-state index contributed by atoms with van der Waals surface area (Å²) in [5, 5.41) is 7.53. The quantitative estimate of drug-likeness (QED) is 0.496. The second-order valence-electron chi connectivity index (χ2n) is 11.2. The van der Waals surface area contributed by atoms with E-state index in [9.17, 15) is 22.9 Å². The summed E-state index contributed by atoms with van der Waals surface area (Å²) in [6.07, 6.45) is 3.13. The first-order valence-corrected chi connectivity index (χ1v) is 15.5. The number of fused-ring (bicyclic) bond motifs is 1. The zero-order valence-electron chi connectivity index (χ0n) is 23.0. The first kappa shape index (κ1) is 28.2. The summed E-state index contributed by atoms with van der Waals surface area (Å²) < 4.78 is 28.1. The van der Waals surface area contributed by atoms with Gasteiger partial charge < -0.3 is 10.6 Å². The Bertz CT molecular complexity index is 1340. The van der Waals surface area contributed by atoms with Crippen LogP contribution in [-0.4, -0.2) is 66.1 Å². The van der Waals surface area contributed by atoms with Crippen LogP contribution in [0.3, 0.4) is 0 Å². The molecule has 5 rings (SSSR count). The Labute approximate surface area is 235 Å². The maximum Gasteiger partial charge on any atom is 0.245 e. The number of benzene rings is 2. The number of anilines is 1. The number of sulfonamides is 1. The zero-order chi connectivity index (χ0) is 28.4. The Balaban J connectivity index is 1.19. The van der Waals surface area contributed by atoms with Gasteiger partial charge in [0.15, 0.2) is 0 Å². The van der Waals surface area contributed by atoms with Gasteiger partial charge in [0.2, 0.25) is 27.9 Å². The summed E-state index contributed by atoms with van der Waals surface area (Å²) in [5.41, 5.74) is 1.57. The van der Waals surface area contributed by atoms with Crippen LogP contribution in [0.25, 0.3) is 0 Å². The summed E-state index contributed by atoms with van der Waals surface area (Å²) in [6, 6.07) is 15.4. The third kappa shape index (κ3) is 5.76. The Hall–Kier alpha value is -3.31. The van der Waals surface area contributed by atoms with Crippen molar-refractivity contribution in [3.63, 3.8) is 0 Å². The molecule has 4 unspecified atom stereocenters. The Morgan fingerprint density at radius 2 is 1.60 bits per heavy atom. The molecule has 3 aliphatic rings. The SMILES string of the molecule is CC(=O)Nc1ccc(S(=O)(=O)N2CCC(C3CCN4C(C3)C(C(=O)NCc3ccccc3)C(C)[N+]4=O)CC2)cc1. The van der Waals surface area contributed by atoms with E-state index in [1.54, 1.807) is 16.4 Å². The number of hydrogen-bond donors (Lipinski definition) is 2. The number of carbonyl (C=O) groups excluding carboxylic acids is 2. The highest BCUT2D eigenvalue weighted by Crippen LogP contribution is 2.41. The number of nitrogens with zero attached hydrogens (tertiary/aromatic N) is 3. The summed E-state index contributed by atoms with van der Waals surface area (Å²) >= 11 is 0. The molecule has 40 heavy (non-hydrogen) atoms. The molecule has 0 bridgehead atoms. The molecule has 10 nitrogen and oxygen atoms in total. The molecule has 3 heterocycles. The van der Waals surface area contributed by atoms with Gasteiger partial charge in [-0.25, -0.2) is 8.42 Å². The molecule has 11 heteroatoms.